The van der Waals surface area contributed by atoms with Crippen molar-refractivity contribution in [1.29, 1.82) is 5.26 Å². The molecule has 0 fully saturated rings. The van der Waals surface area contributed by atoms with E-state index in [9.17, 15) is 5.11 Å². The van der Waals surface area contributed by atoms with Crippen LogP contribution in [0.3, 0.4) is 0 Å². The number of aliphatic hydroxyl groups excluding tert-OH is 2. The molecule has 0 aliphatic heterocycles. The van der Waals surface area contributed by atoms with Crippen LogP contribution in [0.2, 0.25) is 0 Å². The van der Waals surface area contributed by atoms with Crippen LogP contribution in [-0.4, -0.2) is 21.3 Å². The Morgan fingerprint density at radius 2 is 2.23 bits per heavy atom. The van der Waals surface area contributed by atoms with Crippen molar-refractivity contribution in [3.05, 3.63) is 29.6 Å². The number of rotatable bonds is 2. The lowest BCUT2D eigenvalue weighted by Gasteiger charge is -2.10. The van der Waals surface area contributed by atoms with Crippen LogP contribution in [0.25, 0.3) is 0 Å². The van der Waals surface area contributed by atoms with Crippen molar-refractivity contribution in [3.63, 3.8) is 0 Å². The van der Waals surface area contributed by atoms with Crippen molar-refractivity contribution in [1.82, 2.24) is 4.98 Å². The van der Waals surface area contributed by atoms with Gasteiger partial charge >= 0.3 is 0 Å². The Morgan fingerprint density at radius 3 is 2.77 bits per heavy atom. The molecule has 1 aromatic heterocycles. The second-order valence-electron chi connectivity index (χ2n) is 2.78. The van der Waals surface area contributed by atoms with E-state index in [2.05, 4.69) is 4.98 Å². The minimum atomic E-state index is -1.42. The summed E-state index contributed by atoms with van der Waals surface area (Å²) in [5.41, 5.74) is 1.24. The Hall–Kier alpha value is -1.44. The molecule has 1 rings (SSSR count). The molecule has 0 radical (unpaired) electrons. The number of aromatic nitrogens is 1. The molecule has 2 atom stereocenters. The Kier molecular flexibility index (Phi) is 2.96. The summed E-state index contributed by atoms with van der Waals surface area (Å²) in [5, 5.41) is 26.7. The molecule has 2 unspecified atom stereocenters. The van der Waals surface area contributed by atoms with Crippen LogP contribution in [0.15, 0.2) is 18.3 Å². The Balaban J connectivity index is 2.90. The fourth-order valence-electron chi connectivity index (χ4n) is 0.954. The van der Waals surface area contributed by atoms with Crippen molar-refractivity contribution in [2.75, 3.05) is 0 Å². The Bertz CT molecular complexity index is 333. The van der Waals surface area contributed by atoms with E-state index in [-0.39, 0.29) is 0 Å². The van der Waals surface area contributed by atoms with Gasteiger partial charge in [0.1, 0.15) is 6.10 Å². The highest BCUT2D eigenvalue weighted by atomic mass is 16.3. The summed E-state index contributed by atoms with van der Waals surface area (Å²) in [4.78, 5) is 3.85. The largest absolute Gasteiger partial charge is 0.383 e. The monoisotopic (exact) mass is 178 g/mol. The molecule has 4 nitrogen and oxygen atoms in total. The zero-order valence-electron chi connectivity index (χ0n) is 7.18. The van der Waals surface area contributed by atoms with Gasteiger partial charge in [-0.3, -0.25) is 4.98 Å². The van der Waals surface area contributed by atoms with Gasteiger partial charge in [0, 0.05) is 6.20 Å². The van der Waals surface area contributed by atoms with Crippen molar-refractivity contribution in [2.24, 2.45) is 0 Å². The minimum absolute atomic E-state index is 0.314. The van der Waals surface area contributed by atoms with Gasteiger partial charge in [-0.2, -0.15) is 5.26 Å². The van der Waals surface area contributed by atoms with Gasteiger partial charge in [-0.1, -0.05) is 0 Å². The molecule has 0 amide bonds. The first-order valence-corrected chi connectivity index (χ1v) is 3.83. The fourth-order valence-corrected chi connectivity index (χ4v) is 0.954. The summed E-state index contributed by atoms with van der Waals surface area (Å²) in [6, 6.07) is 4.95. The van der Waals surface area contributed by atoms with Gasteiger partial charge in [0.05, 0.1) is 11.8 Å². The number of nitrogens with zero attached hydrogens (tertiary/aromatic N) is 2. The molecule has 0 bridgehead atoms. The lowest BCUT2D eigenvalue weighted by Crippen LogP contribution is -2.16. The second-order valence-corrected chi connectivity index (χ2v) is 2.78. The molecule has 68 valence electrons. The van der Waals surface area contributed by atoms with Crippen LogP contribution in [-0.2, 0) is 0 Å². The molecule has 0 aliphatic carbocycles. The molecule has 0 spiro atoms. The summed E-state index contributed by atoms with van der Waals surface area (Å²) in [7, 11) is 0. The SMILES string of the molecule is Cc1ccnc(C(O)C(O)C#N)c1. The number of aryl methyl sites for hydroxylation is 1. The Labute approximate surface area is 76.1 Å². The number of hydrogen-bond acceptors (Lipinski definition) is 4. The standard InChI is InChI=1S/C9H10N2O2/c1-6-2-3-11-7(4-6)9(13)8(12)5-10/h2-4,8-9,12-13H,1H3. The summed E-state index contributed by atoms with van der Waals surface area (Å²) in [6.07, 6.45) is -1.13. The van der Waals surface area contributed by atoms with Crippen LogP contribution in [0.1, 0.15) is 17.4 Å². The zero-order chi connectivity index (χ0) is 9.84. The highest BCUT2D eigenvalue weighted by Gasteiger charge is 2.18. The van der Waals surface area contributed by atoms with Crippen LogP contribution >= 0.6 is 0 Å². The van der Waals surface area contributed by atoms with E-state index in [0.717, 1.165) is 5.56 Å². The minimum Gasteiger partial charge on any atom is -0.383 e. The van der Waals surface area contributed by atoms with Gasteiger partial charge in [0.15, 0.2) is 6.10 Å². The molecule has 1 heterocycles. The molecular weight excluding hydrogens is 168 g/mol. The predicted molar refractivity (Wildman–Crippen MR) is 45.6 cm³/mol. The maximum atomic E-state index is 9.38. The number of nitriles is 1. The first kappa shape index (κ1) is 9.65. The summed E-state index contributed by atoms with van der Waals surface area (Å²) in [5.74, 6) is 0. The van der Waals surface area contributed by atoms with E-state index < -0.39 is 12.2 Å². The summed E-state index contributed by atoms with van der Waals surface area (Å²) < 4.78 is 0. The van der Waals surface area contributed by atoms with Gasteiger partial charge in [0.25, 0.3) is 0 Å². The van der Waals surface area contributed by atoms with Crippen molar-refractivity contribution >= 4 is 0 Å². The predicted octanol–water partition coefficient (Wildman–Crippen LogP) is 0.308. The lowest BCUT2D eigenvalue weighted by atomic mass is 10.1. The van der Waals surface area contributed by atoms with Gasteiger partial charge in [-0.25, -0.2) is 0 Å². The van der Waals surface area contributed by atoms with E-state index >= 15 is 0 Å². The lowest BCUT2D eigenvalue weighted by molar-refractivity contribution is 0.0498. The molecule has 13 heavy (non-hydrogen) atoms. The number of hydrogen-bond donors (Lipinski definition) is 2. The van der Waals surface area contributed by atoms with Gasteiger partial charge in [-0.15, -0.1) is 0 Å². The van der Waals surface area contributed by atoms with Crippen LogP contribution in [0, 0.1) is 18.3 Å². The molecule has 0 saturated carbocycles. The first-order chi connectivity index (χ1) is 6.15. The molecular formula is C9H10N2O2. The van der Waals surface area contributed by atoms with Crippen LogP contribution in [0.5, 0.6) is 0 Å². The van der Waals surface area contributed by atoms with Crippen molar-refractivity contribution < 1.29 is 10.2 Å². The summed E-state index contributed by atoms with van der Waals surface area (Å²) in [6.45, 7) is 1.84. The van der Waals surface area contributed by atoms with Crippen LogP contribution in [0.4, 0.5) is 0 Å². The second kappa shape index (κ2) is 3.99. The molecule has 1 aromatic rings. The maximum Gasteiger partial charge on any atom is 0.171 e. The van der Waals surface area contributed by atoms with Gasteiger partial charge in [-0.05, 0) is 24.6 Å². The van der Waals surface area contributed by atoms with Gasteiger partial charge < -0.3 is 10.2 Å². The third kappa shape index (κ3) is 2.25. The number of aliphatic hydroxyl groups is 2. The molecule has 2 N–H and O–H groups in total. The average Bonchev–Trinajstić information content (AvgIpc) is 2.15. The maximum absolute atomic E-state index is 9.38. The molecule has 4 heteroatoms. The van der Waals surface area contributed by atoms with E-state index in [1.54, 1.807) is 18.2 Å². The molecule has 0 aromatic carbocycles. The average molecular weight is 178 g/mol. The summed E-state index contributed by atoms with van der Waals surface area (Å²) >= 11 is 0. The third-order valence-corrected chi connectivity index (χ3v) is 1.67. The zero-order valence-corrected chi connectivity index (χ0v) is 7.18. The topological polar surface area (TPSA) is 77.1 Å². The Morgan fingerprint density at radius 1 is 1.54 bits per heavy atom. The quantitative estimate of drug-likeness (QED) is 0.639. The van der Waals surface area contributed by atoms with E-state index in [4.69, 9.17) is 10.4 Å². The van der Waals surface area contributed by atoms with Crippen LogP contribution < -0.4 is 0 Å². The van der Waals surface area contributed by atoms with E-state index in [0.29, 0.717) is 5.69 Å². The first-order valence-electron chi connectivity index (χ1n) is 3.83. The number of pyridine rings is 1. The fraction of sp³-hybridized carbons (Fsp3) is 0.333. The highest BCUT2D eigenvalue weighted by Crippen LogP contribution is 2.14. The molecule has 0 saturated heterocycles. The smallest absolute Gasteiger partial charge is 0.171 e. The van der Waals surface area contributed by atoms with E-state index in [1.807, 2.05) is 6.92 Å². The third-order valence-electron chi connectivity index (χ3n) is 1.67. The molecule has 0 aliphatic rings. The highest BCUT2D eigenvalue weighted by molar-refractivity contribution is 5.18. The van der Waals surface area contributed by atoms with Crippen molar-refractivity contribution in [2.45, 2.75) is 19.1 Å². The van der Waals surface area contributed by atoms with E-state index in [1.165, 1.54) is 6.20 Å². The van der Waals surface area contributed by atoms with Crippen molar-refractivity contribution in [3.8, 4) is 6.07 Å². The van der Waals surface area contributed by atoms with Gasteiger partial charge in [0.2, 0.25) is 0 Å². The normalized spacial score (nSPS) is 14.6.